The number of rotatable bonds is 10. The van der Waals surface area contributed by atoms with E-state index < -0.39 is 0 Å². The summed E-state index contributed by atoms with van der Waals surface area (Å²) in [4.78, 5) is 21.5. The lowest BCUT2D eigenvalue weighted by Crippen LogP contribution is -2.31. The third-order valence-corrected chi connectivity index (χ3v) is 7.64. The minimum Gasteiger partial charge on any atom is -0.493 e. The predicted molar refractivity (Wildman–Crippen MR) is 125 cm³/mol. The first-order valence-electron chi connectivity index (χ1n) is 9.64. The lowest BCUT2D eigenvalue weighted by atomic mass is 10.1. The molecule has 3 aromatic rings. The first-order chi connectivity index (χ1) is 14.5. The van der Waals surface area contributed by atoms with Gasteiger partial charge in [0.2, 0.25) is 5.91 Å². The Hall–Kier alpha value is -2.03. The quantitative estimate of drug-likeness (QED) is 0.377. The van der Waals surface area contributed by atoms with Gasteiger partial charge in [0.05, 0.1) is 19.2 Å². The molecule has 0 saturated heterocycles. The van der Waals surface area contributed by atoms with Crippen LogP contribution in [0.3, 0.4) is 0 Å². The van der Waals surface area contributed by atoms with Crippen molar-refractivity contribution in [1.82, 2.24) is 9.88 Å². The molecule has 0 spiro atoms. The number of thiophene rings is 1. The molecule has 1 amide bonds. The SMILES string of the molecule is CCN(Cc1ccc(OCc2cccs2)c(OC)c1)C(=O)Cc1sc(SC)nc1C. The van der Waals surface area contributed by atoms with Crippen LogP contribution in [0.2, 0.25) is 0 Å². The number of thioether (sulfide) groups is 1. The van der Waals surface area contributed by atoms with Gasteiger partial charge in [-0.15, -0.1) is 22.7 Å². The molecular weight excluding hydrogens is 436 g/mol. The molecule has 0 atom stereocenters. The van der Waals surface area contributed by atoms with Gasteiger partial charge in [-0.2, -0.15) is 0 Å². The first-order valence-corrected chi connectivity index (χ1v) is 12.6. The van der Waals surface area contributed by atoms with Gasteiger partial charge in [0.1, 0.15) is 10.9 Å². The summed E-state index contributed by atoms with van der Waals surface area (Å²) in [6.45, 7) is 5.66. The maximum Gasteiger partial charge on any atom is 0.228 e. The van der Waals surface area contributed by atoms with Crippen LogP contribution in [0.25, 0.3) is 0 Å². The minimum absolute atomic E-state index is 0.105. The third-order valence-electron chi connectivity index (χ3n) is 4.65. The molecule has 0 aliphatic heterocycles. The van der Waals surface area contributed by atoms with E-state index in [4.69, 9.17) is 9.47 Å². The molecule has 30 heavy (non-hydrogen) atoms. The third kappa shape index (κ3) is 5.77. The standard InChI is InChI=1S/C22H26N2O3S3/c1-5-24(21(25)12-20-15(2)23-22(28-4)30-20)13-16-8-9-18(19(11-16)26-3)27-14-17-7-6-10-29-17/h6-11H,5,12-14H2,1-4H3. The number of carbonyl (C=O) groups excluding carboxylic acids is 1. The van der Waals surface area contributed by atoms with E-state index >= 15 is 0 Å². The summed E-state index contributed by atoms with van der Waals surface area (Å²) in [7, 11) is 1.63. The molecule has 2 aromatic heterocycles. The smallest absolute Gasteiger partial charge is 0.228 e. The van der Waals surface area contributed by atoms with Crippen molar-refractivity contribution in [2.75, 3.05) is 19.9 Å². The monoisotopic (exact) mass is 462 g/mol. The van der Waals surface area contributed by atoms with Gasteiger partial charge in [-0.1, -0.05) is 23.9 Å². The minimum atomic E-state index is 0.105. The van der Waals surface area contributed by atoms with Crippen LogP contribution in [-0.2, 0) is 24.4 Å². The zero-order valence-electron chi connectivity index (χ0n) is 17.6. The average Bonchev–Trinajstić information content (AvgIpc) is 3.40. The molecule has 0 N–H and O–H groups in total. The van der Waals surface area contributed by atoms with Crippen LogP contribution in [0.4, 0.5) is 0 Å². The average molecular weight is 463 g/mol. The number of amides is 1. The fourth-order valence-corrected chi connectivity index (χ4v) is 5.23. The van der Waals surface area contributed by atoms with E-state index in [2.05, 4.69) is 4.98 Å². The number of nitrogens with zero attached hydrogens (tertiary/aromatic N) is 2. The number of ether oxygens (including phenoxy) is 2. The van der Waals surface area contributed by atoms with Crippen molar-refractivity contribution in [3.63, 3.8) is 0 Å². The Morgan fingerprint density at radius 1 is 1.27 bits per heavy atom. The van der Waals surface area contributed by atoms with Gasteiger partial charge >= 0.3 is 0 Å². The van der Waals surface area contributed by atoms with Crippen LogP contribution in [0.5, 0.6) is 11.5 Å². The van der Waals surface area contributed by atoms with Crippen molar-refractivity contribution < 1.29 is 14.3 Å². The van der Waals surface area contributed by atoms with Gasteiger partial charge in [-0.05, 0) is 49.2 Å². The molecule has 2 heterocycles. The van der Waals surface area contributed by atoms with E-state index in [0.717, 1.165) is 25.4 Å². The van der Waals surface area contributed by atoms with Crippen molar-refractivity contribution >= 4 is 40.3 Å². The number of methoxy groups -OCH3 is 1. The molecule has 0 aliphatic carbocycles. The molecule has 5 nitrogen and oxygen atoms in total. The predicted octanol–water partition coefficient (Wildman–Crippen LogP) is 5.41. The van der Waals surface area contributed by atoms with Crippen molar-refractivity contribution in [2.24, 2.45) is 0 Å². The highest BCUT2D eigenvalue weighted by atomic mass is 32.2. The number of aromatic nitrogens is 1. The van der Waals surface area contributed by atoms with Crippen LogP contribution < -0.4 is 9.47 Å². The molecular formula is C22H26N2O3S3. The summed E-state index contributed by atoms with van der Waals surface area (Å²) in [5.41, 5.74) is 1.96. The highest BCUT2D eigenvalue weighted by molar-refractivity contribution is 8.00. The second kappa shape index (κ2) is 10.8. The van der Waals surface area contributed by atoms with Crippen molar-refractivity contribution in [3.05, 3.63) is 56.7 Å². The number of benzene rings is 1. The van der Waals surface area contributed by atoms with Crippen molar-refractivity contribution in [1.29, 1.82) is 0 Å². The van der Waals surface area contributed by atoms with E-state index in [1.54, 1.807) is 41.5 Å². The first kappa shape index (κ1) is 22.7. The Labute approximate surface area is 190 Å². The summed E-state index contributed by atoms with van der Waals surface area (Å²) >= 11 is 4.88. The summed E-state index contributed by atoms with van der Waals surface area (Å²) in [5, 5.41) is 2.03. The Kier molecular flexibility index (Phi) is 8.18. The van der Waals surface area contributed by atoms with Crippen LogP contribution in [0, 0.1) is 6.92 Å². The lowest BCUT2D eigenvalue weighted by Gasteiger charge is -2.21. The normalized spacial score (nSPS) is 10.8. The highest BCUT2D eigenvalue weighted by Crippen LogP contribution is 2.30. The molecule has 0 saturated carbocycles. The maximum atomic E-state index is 12.9. The number of carbonyl (C=O) groups is 1. The van der Waals surface area contributed by atoms with Crippen LogP contribution in [0.15, 0.2) is 40.1 Å². The Bertz CT molecular complexity index is 970. The Morgan fingerprint density at radius 3 is 2.73 bits per heavy atom. The molecule has 160 valence electrons. The molecule has 3 rings (SSSR count). The van der Waals surface area contributed by atoms with E-state index in [9.17, 15) is 4.79 Å². The van der Waals surface area contributed by atoms with Crippen molar-refractivity contribution in [3.8, 4) is 11.5 Å². The number of hydrogen-bond donors (Lipinski definition) is 0. The molecule has 0 bridgehead atoms. The lowest BCUT2D eigenvalue weighted by molar-refractivity contribution is -0.130. The van der Waals surface area contributed by atoms with Gasteiger partial charge in [-0.3, -0.25) is 4.79 Å². The fraction of sp³-hybridized carbons (Fsp3) is 0.364. The molecule has 0 aliphatic rings. The fourth-order valence-electron chi connectivity index (χ4n) is 2.97. The largest absolute Gasteiger partial charge is 0.493 e. The second-order valence-electron chi connectivity index (χ2n) is 6.63. The van der Waals surface area contributed by atoms with Crippen LogP contribution >= 0.6 is 34.4 Å². The topological polar surface area (TPSA) is 51.7 Å². The highest BCUT2D eigenvalue weighted by Gasteiger charge is 2.18. The summed E-state index contributed by atoms with van der Waals surface area (Å²) < 4.78 is 12.4. The van der Waals surface area contributed by atoms with Gasteiger partial charge in [0, 0.05) is 22.8 Å². The number of aryl methyl sites for hydroxylation is 1. The summed E-state index contributed by atoms with van der Waals surface area (Å²) in [6, 6.07) is 9.91. The maximum absolute atomic E-state index is 12.9. The van der Waals surface area contributed by atoms with Crippen molar-refractivity contribution in [2.45, 2.75) is 37.8 Å². The van der Waals surface area contributed by atoms with Gasteiger partial charge in [0.15, 0.2) is 11.5 Å². The zero-order valence-corrected chi connectivity index (χ0v) is 20.1. The Balaban J connectivity index is 1.66. The molecule has 0 unspecified atom stereocenters. The van der Waals surface area contributed by atoms with Crippen LogP contribution in [-0.4, -0.2) is 35.7 Å². The molecule has 8 heteroatoms. The van der Waals surface area contributed by atoms with Crippen LogP contribution in [0.1, 0.15) is 27.9 Å². The van der Waals surface area contributed by atoms with E-state index in [1.807, 2.05) is 60.7 Å². The van der Waals surface area contributed by atoms with Gasteiger partial charge in [-0.25, -0.2) is 4.98 Å². The number of hydrogen-bond acceptors (Lipinski definition) is 7. The Morgan fingerprint density at radius 2 is 2.10 bits per heavy atom. The molecule has 1 aromatic carbocycles. The van der Waals surface area contributed by atoms with E-state index in [1.165, 1.54) is 0 Å². The van der Waals surface area contributed by atoms with Gasteiger partial charge < -0.3 is 14.4 Å². The zero-order chi connectivity index (χ0) is 21.5. The van der Waals surface area contributed by atoms with E-state index in [-0.39, 0.29) is 5.91 Å². The van der Waals surface area contributed by atoms with E-state index in [0.29, 0.717) is 37.6 Å². The summed E-state index contributed by atoms with van der Waals surface area (Å²) in [6.07, 6.45) is 2.39. The molecule has 0 radical (unpaired) electrons. The number of likely N-dealkylation sites (N-methyl/N-ethyl adjacent to an activating group) is 1. The molecule has 0 fully saturated rings. The summed E-state index contributed by atoms with van der Waals surface area (Å²) in [5.74, 6) is 1.48. The number of thiazole rings is 1. The van der Waals surface area contributed by atoms with Gasteiger partial charge in [0.25, 0.3) is 0 Å². The second-order valence-corrected chi connectivity index (χ2v) is 9.80.